The second-order valence-electron chi connectivity index (χ2n) is 4.79. The number of amides is 1. The summed E-state index contributed by atoms with van der Waals surface area (Å²) >= 11 is 5.89. The van der Waals surface area contributed by atoms with Crippen LogP contribution >= 0.6 is 11.6 Å². The number of nitrogen functional groups attached to an aromatic ring is 1. The molecule has 98 valence electrons. The van der Waals surface area contributed by atoms with Gasteiger partial charge in [-0.05, 0) is 45.0 Å². The highest BCUT2D eigenvalue weighted by Gasteiger charge is 2.32. The maximum absolute atomic E-state index is 12.1. The molecule has 0 aliphatic heterocycles. The van der Waals surface area contributed by atoms with Crippen molar-refractivity contribution in [3.8, 4) is 0 Å². The number of carbonyl (C=O) groups is 1. The van der Waals surface area contributed by atoms with Crippen LogP contribution in [0.25, 0.3) is 0 Å². The van der Waals surface area contributed by atoms with E-state index in [0.717, 1.165) is 0 Å². The Bertz CT molecular complexity index is 460. The van der Waals surface area contributed by atoms with Crippen LogP contribution in [0.2, 0.25) is 5.02 Å². The van der Waals surface area contributed by atoms with Gasteiger partial charge < -0.3 is 11.1 Å². The molecule has 1 aromatic carbocycles. The molecule has 1 unspecified atom stereocenters. The predicted molar refractivity (Wildman–Crippen MR) is 74.7 cm³/mol. The fourth-order valence-corrected chi connectivity index (χ4v) is 2.03. The molecule has 0 spiro atoms. The van der Waals surface area contributed by atoms with E-state index in [9.17, 15) is 4.79 Å². The fourth-order valence-electron chi connectivity index (χ4n) is 1.86. The highest BCUT2D eigenvalue weighted by Crippen LogP contribution is 2.28. The molecule has 0 heterocycles. The van der Waals surface area contributed by atoms with Crippen LogP contribution in [-0.4, -0.2) is 29.9 Å². The average molecular weight is 268 g/mol. The number of hydrogen-bond acceptors (Lipinski definition) is 3. The summed E-state index contributed by atoms with van der Waals surface area (Å²) in [5.74, 6) is -0.0571. The van der Waals surface area contributed by atoms with Crippen molar-refractivity contribution in [2.45, 2.75) is 31.8 Å². The molecule has 2 rings (SSSR count). The van der Waals surface area contributed by atoms with Gasteiger partial charge in [0.2, 0.25) is 5.91 Å². The van der Waals surface area contributed by atoms with Gasteiger partial charge in [-0.3, -0.25) is 9.69 Å². The lowest BCUT2D eigenvalue weighted by Gasteiger charge is -2.23. The molecule has 4 nitrogen and oxygen atoms in total. The van der Waals surface area contributed by atoms with E-state index in [0.29, 0.717) is 22.4 Å². The molecule has 1 saturated carbocycles. The maximum atomic E-state index is 12.1. The largest absolute Gasteiger partial charge is 0.397 e. The number of halogens is 1. The zero-order chi connectivity index (χ0) is 13.3. The highest BCUT2D eigenvalue weighted by atomic mass is 35.5. The molecule has 1 amide bonds. The molecule has 0 radical (unpaired) electrons. The Hall–Kier alpha value is -1.26. The van der Waals surface area contributed by atoms with Crippen LogP contribution in [0.4, 0.5) is 11.4 Å². The lowest BCUT2D eigenvalue weighted by Crippen LogP contribution is -2.40. The number of nitrogens with one attached hydrogen (secondary N) is 1. The quantitative estimate of drug-likeness (QED) is 0.824. The lowest BCUT2D eigenvalue weighted by molar-refractivity contribution is -0.120. The van der Waals surface area contributed by atoms with Crippen molar-refractivity contribution in [1.29, 1.82) is 0 Å². The minimum Gasteiger partial charge on any atom is -0.397 e. The number of likely N-dealkylation sites (N-methyl/N-ethyl adjacent to an activating group) is 1. The third kappa shape index (κ3) is 2.94. The Balaban J connectivity index is 2.03. The van der Waals surface area contributed by atoms with E-state index in [1.807, 2.05) is 14.0 Å². The smallest absolute Gasteiger partial charge is 0.241 e. The van der Waals surface area contributed by atoms with Gasteiger partial charge in [-0.2, -0.15) is 0 Å². The van der Waals surface area contributed by atoms with Crippen LogP contribution in [-0.2, 0) is 4.79 Å². The number of carbonyl (C=O) groups excluding carboxylic acids is 1. The van der Waals surface area contributed by atoms with Gasteiger partial charge in [-0.25, -0.2) is 0 Å². The molecule has 1 atom stereocenters. The lowest BCUT2D eigenvalue weighted by atomic mass is 10.2. The van der Waals surface area contributed by atoms with Crippen LogP contribution in [0.3, 0.4) is 0 Å². The summed E-state index contributed by atoms with van der Waals surface area (Å²) in [6, 6.07) is 5.43. The van der Waals surface area contributed by atoms with Gasteiger partial charge in [0.1, 0.15) is 0 Å². The topological polar surface area (TPSA) is 58.4 Å². The molecular formula is C13H18ClN3O. The summed E-state index contributed by atoms with van der Waals surface area (Å²) in [6.07, 6.45) is 2.35. The first-order valence-electron chi connectivity index (χ1n) is 6.07. The molecule has 1 fully saturated rings. The van der Waals surface area contributed by atoms with Gasteiger partial charge in [-0.1, -0.05) is 11.6 Å². The van der Waals surface area contributed by atoms with Crippen molar-refractivity contribution < 1.29 is 4.79 Å². The predicted octanol–water partition coefficient (Wildman–Crippen LogP) is 2.34. The van der Waals surface area contributed by atoms with Gasteiger partial charge in [0.05, 0.1) is 17.4 Å². The third-order valence-electron chi connectivity index (χ3n) is 3.39. The van der Waals surface area contributed by atoms with Crippen molar-refractivity contribution in [1.82, 2.24) is 4.90 Å². The van der Waals surface area contributed by atoms with Crippen LogP contribution < -0.4 is 11.1 Å². The van der Waals surface area contributed by atoms with E-state index in [2.05, 4.69) is 10.2 Å². The van der Waals surface area contributed by atoms with Crippen LogP contribution in [0, 0.1) is 0 Å². The summed E-state index contributed by atoms with van der Waals surface area (Å²) in [5.41, 5.74) is 6.89. The number of hydrogen-bond donors (Lipinski definition) is 2. The number of nitrogens with two attached hydrogens (primary N) is 1. The Morgan fingerprint density at radius 3 is 2.83 bits per heavy atom. The van der Waals surface area contributed by atoms with E-state index in [-0.39, 0.29) is 11.9 Å². The van der Waals surface area contributed by atoms with E-state index in [1.165, 1.54) is 12.8 Å². The molecule has 1 aromatic rings. The number of benzene rings is 1. The molecule has 0 bridgehead atoms. The van der Waals surface area contributed by atoms with E-state index in [1.54, 1.807) is 18.2 Å². The van der Waals surface area contributed by atoms with E-state index >= 15 is 0 Å². The second kappa shape index (κ2) is 5.16. The standard InChI is InChI=1S/C13H18ClN3O/c1-8(17(2)10-4-5-10)13(18)16-12-7-9(14)3-6-11(12)15/h3,6-8,10H,4-5,15H2,1-2H3,(H,16,18). The van der Waals surface area contributed by atoms with Gasteiger partial charge in [0, 0.05) is 11.1 Å². The fraction of sp³-hybridized carbons (Fsp3) is 0.462. The Labute approximate surface area is 112 Å². The molecular weight excluding hydrogens is 250 g/mol. The molecule has 1 aliphatic carbocycles. The Morgan fingerprint density at radius 1 is 1.56 bits per heavy atom. The summed E-state index contributed by atoms with van der Waals surface area (Å²) in [6.45, 7) is 1.90. The Kier molecular flexibility index (Phi) is 3.78. The van der Waals surface area contributed by atoms with Crippen LogP contribution in [0.1, 0.15) is 19.8 Å². The third-order valence-corrected chi connectivity index (χ3v) is 3.62. The van der Waals surface area contributed by atoms with Gasteiger partial charge >= 0.3 is 0 Å². The molecule has 1 aliphatic rings. The molecule has 5 heteroatoms. The Morgan fingerprint density at radius 2 is 2.22 bits per heavy atom. The molecule has 3 N–H and O–H groups in total. The van der Waals surface area contributed by atoms with Crippen molar-refractivity contribution in [3.63, 3.8) is 0 Å². The summed E-state index contributed by atoms with van der Waals surface area (Å²) in [7, 11) is 1.98. The van der Waals surface area contributed by atoms with Gasteiger partial charge in [0.25, 0.3) is 0 Å². The molecule has 0 saturated heterocycles. The van der Waals surface area contributed by atoms with Gasteiger partial charge in [0.15, 0.2) is 0 Å². The van der Waals surface area contributed by atoms with E-state index in [4.69, 9.17) is 17.3 Å². The normalized spacial score (nSPS) is 16.7. The second-order valence-corrected chi connectivity index (χ2v) is 5.23. The summed E-state index contributed by atoms with van der Waals surface area (Å²) < 4.78 is 0. The first kappa shape index (κ1) is 13.2. The molecule has 0 aromatic heterocycles. The average Bonchev–Trinajstić information content (AvgIpc) is 3.16. The zero-order valence-corrected chi connectivity index (χ0v) is 11.4. The van der Waals surface area contributed by atoms with E-state index < -0.39 is 0 Å². The van der Waals surface area contributed by atoms with Crippen molar-refractivity contribution >= 4 is 28.9 Å². The monoisotopic (exact) mass is 267 g/mol. The minimum absolute atomic E-state index is 0.0571. The van der Waals surface area contributed by atoms with Gasteiger partial charge in [-0.15, -0.1) is 0 Å². The summed E-state index contributed by atoms with van der Waals surface area (Å²) in [5, 5.41) is 3.38. The highest BCUT2D eigenvalue weighted by molar-refractivity contribution is 6.31. The zero-order valence-electron chi connectivity index (χ0n) is 10.6. The van der Waals surface area contributed by atoms with Crippen molar-refractivity contribution in [2.75, 3.05) is 18.1 Å². The maximum Gasteiger partial charge on any atom is 0.241 e. The van der Waals surface area contributed by atoms with Crippen LogP contribution in [0.15, 0.2) is 18.2 Å². The SMILES string of the molecule is CC(C(=O)Nc1cc(Cl)ccc1N)N(C)C1CC1. The minimum atomic E-state index is -0.170. The number of rotatable bonds is 4. The number of anilines is 2. The van der Waals surface area contributed by atoms with Crippen LogP contribution in [0.5, 0.6) is 0 Å². The van der Waals surface area contributed by atoms with Crippen molar-refractivity contribution in [2.24, 2.45) is 0 Å². The molecule has 18 heavy (non-hydrogen) atoms. The first-order valence-corrected chi connectivity index (χ1v) is 6.44. The van der Waals surface area contributed by atoms with Crippen molar-refractivity contribution in [3.05, 3.63) is 23.2 Å². The first-order chi connectivity index (χ1) is 8.49. The summed E-state index contributed by atoms with van der Waals surface area (Å²) in [4.78, 5) is 14.2. The number of nitrogens with zero attached hydrogens (tertiary/aromatic N) is 1.